The molecule has 0 bridgehead atoms. The van der Waals surface area contributed by atoms with Gasteiger partial charge in [0.2, 0.25) is 0 Å². The third-order valence-corrected chi connectivity index (χ3v) is 6.44. The minimum absolute atomic E-state index is 0.113. The Balaban J connectivity index is 1.39. The second-order valence-electron chi connectivity index (χ2n) is 8.46. The maximum Gasteiger partial charge on any atom is 0.183 e. The van der Waals surface area contributed by atoms with Gasteiger partial charge in [0.15, 0.2) is 17.4 Å². The van der Waals surface area contributed by atoms with Crippen LogP contribution in [0.1, 0.15) is 53.7 Å². The number of ketones is 1. The molecule has 1 aliphatic heterocycles. The summed E-state index contributed by atoms with van der Waals surface area (Å²) >= 11 is 0. The summed E-state index contributed by atoms with van der Waals surface area (Å²) in [5.74, 6) is -1.19. The molecular formula is C23H26F3N3O2. The lowest BCUT2D eigenvalue weighted by atomic mass is 10.0. The van der Waals surface area contributed by atoms with Crippen molar-refractivity contribution in [2.24, 2.45) is 17.8 Å². The molecule has 2 fully saturated rings. The molecule has 1 aromatic carbocycles. The summed E-state index contributed by atoms with van der Waals surface area (Å²) in [6.45, 7) is 1.43. The monoisotopic (exact) mass is 433 g/mol. The smallest absolute Gasteiger partial charge is 0.183 e. The number of unbranched alkanes of at least 4 members (excludes halogenated alkanes) is 1. The second kappa shape index (κ2) is 9.34. The van der Waals surface area contributed by atoms with Crippen molar-refractivity contribution in [2.45, 2.75) is 45.1 Å². The standard InChI is InChI=1S/C23H26F3N3O2/c24-19-7-8-20(25)22(26)16(19)11-29-10-14(4-3-9-27)23(28-29)21(30)6-2-1-5-15-17-12-31-13-18(15)17/h7-10,15,17-18,27H,1-6,11-13H2/t15?,17-,18+. The Morgan fingerprint density at radius 3 is 2.68 bits per heavy atom. The van der Waals surface area contributed by atoms with E-state index in [1.165, 1.54) is 10.9 Å². The number of ether oxygens (including phenoxy) is 1. The predicted molar refractivity (Wildman–Crippen MR) is 109 cm³/mol. The lowest BCUT2D eigenvalue weighted by molar-refractivity contribution is 0.0971. The van der Waals surface area contributed by atoms with Gasteiger partial charge in [-0.15, -0.1) is 0 Å². The number of nitrogens with zero attached hydrogens (tertiary/aromatic N) is 2. The fraction of sp³-hybridized carbons (Fsp3) is 0.522. The largest absolute Gasteiger partial charge is 0.381 e. The van der Waals surface area contributed by atoms with Gasteiger partial charge >= 0.3 is 0 Å². The molecule has 2 aromatic rings. The van der Waals surface area contributed by atoms with E-state index in [1.54, 1.807) is 6.20 Å². The van der Waals surface area contributed by atoms with Crippen LogP contribution in [0, 0.1) is 40.6 Å². The zero-order valence-electron chi connectivity index (χ0n) is 17.3. The van der Waals surface area contributed by atoms with Gasteiger partial charge in [-0.25, -0.2) is 13.2 Å². The molecule has 8 heteroatoms. The Hall–Kier alpha value is -2.48. The van der Waals surface area contributed by atoms with E-state index in [0.717, 1.165) is 50.5 Å². The number of hydrogen-bond acceptors (Lipinski definition) is 4. The first-order valence-corrected chi connectivity index (χ1v) is 10.8. The summed E-state index contributed by atoms with van der Waals surface area (Å²) in [6, 6.07) is 1.61. The molecule has 1 saturated heterocycles. The van der Waals surface area contributed by atoms with E-state index in [9.17, 15) is 18.0 Å². The number of Topliss-reactive ketones (excluding diaryl/α,β-unsaturated/α-hetero) is 1. The number of aromatic nitrogens is 2. The van der Waals surface area contributed by atoms with Crippen molar-refractivity contribution in [1.82, 2.24) is 9.78 Å². The topological polar surface area (TPSA) is 68.0 Å². The van der Waals surface area contributed by atoms with Crippen molar-refractivity contribution < 1.29 is 22.7 Å². The number of hydrogen-bond donors (Lipinski definition) is 1. The first-order chi connectivity index (χ1) is 15.0. The van der Waals surface area contributed by atoms with Crippen LogP contribution in [0.5, 0.6) is 0 Å². The van der Waals surface area contributed by atoms with Crippen LogP contribution in [0.3, 0.4) is 0 Å². The number of halogens is 3. The molecular weight excluding hydrogens is 407 g/mol. The average molecular weight is 433 g/mol. The number of benzene rings is 1. The van der Waals surface area contributed by atoms with Gasteiger partial charge in [0.05, 0.1) is 19.8 Å². The fourth-order valence-corrected chi connectivity index (χ4v) is 4.64. The number of nitrogens with one attached hydrogen (secondary N) is 1. The zero-order valence-corrected chi connectivity index (χ0v) is 17.3. The Bertz CT molecular complexity index is 965. The molecule has 5 nitrogen and oxygen atoms in total. The van der Waals surface area contributed by atoms with Gasteiger partial charge in [-0.2, -0.15) is 5.10 Å². The van der Waals surface area contributed by atoms with E-state index >= 15 is 0 Å². The van der Waals surface area contributed by atoms with Gasteiger partial charge < -0.3 is 10.1 Å². The van der Waals surface area contributed by atoms with Crippen molar-refractivity contribution in [3.63, 3.8) is 0 Å². The molecule has 4 rings (SSSR count). The first-order valence-electron chi connectivity index (χ1n) is 10.8. The van der Waals surface area contributed by atoms with Crippen LogP contribution in [0.2, 0.25) is 0 Å². The molecule has 0 radical (unpaired) electrons. The van der Waals surface area contributed by atoms with Gasteiger partial charge in [-0.05, 0) is 61.8 Å². The van der Waals surface area contributed by atoms with Gasteiger partial charge in [0.25, 0.3) is 0 Å². The van der Waals surface area contributed by atoms with Crippen LogP contribution in [0.25, 0.3) is 0 Å². The highest BCUT2D eigenvalue weighted by atomic mass is 19.2. The minimum Gasteiger partial charge on any atom is -0.381 e. The normalized spacial score (nSPS) is 21.8. The number of carbonyl (C=O) groups excluding carboxylic acids is 1. The van der Waals surface area contributed by atoms with E-state index in [4.69, 9.17) is 10.1 Å². The summed E-state index contributed by atoms with van der Waals surface area (Å²) in [6.07, 6.45) is 6.87. The Labute approximate surface area is 179 Å². The van der Waals surface area contributed by atoms with Crippen LogP contribution in [-0.4, -0.2) is 35.0 Å². The Morgan fingerprint density at radius 2 is 1.94 bits per heavy atom. The Morgan fingerprint density at radius 1 is 1.19 bits per heavy atom. The summed E-state index contributed by atoms with van der Waals surface area (Å²) in [7, 11) is 0. The first kappa shape index (κ1) is 21.7. The van der Waals surface area contributed by atoms with Crippen molar-refractivity contribution >= 4 is 12.0 Å². The van der Waals surface area contributed by atoms with E-state index in [0.29, 0.717) is 36.7 Å². The highest BCUT2D eigenvalue weighted by Crippen LogP contribution is 2.53. The number of carbonyl (C=O) groups is 1. The van der Waals surface area contributed by atoms with E-state index in [-0.39, 0.29) is 18.0 Å². The molecule has 31 heavy (non-hydrogen) atoms. The van der Waals surface area contributed by atoms with Gasteiger partial charge in [-0.3, -0.25) is 9.48 Å². The van der Waals surface area contributed by atoms with Crippen molar-refractivity contribution in [2.75, 3.05) is 13.2 Å². The van der Waals surface area contributed by atoms with Gasteiger partial charge in [0.1, 0.15) is 11.5 Å². The van der Waals surface area contributed by atoms with Gasteiger partial charge in [-0.1, -0.05) is 6.42 Å². The van der Waals surface area contributed by atoms with Crippen molar-refractivity contribution in [3.8, 4) is 0 Å². The highest BCUT2D eigenvalue weighted by molar-refractivity contribution is 5.95. The Kier molecular flexibility index (Phi) is 6.55. The second-order valence-corrected chi connectivity index (χ2v) is 8.46. The molecule has 166 valence electrons. The van der Waals surface area contributed by atoms with Crippen molar-refractivity contribution in [3.05, 3.63) is 52.6 Å². The molecule has 0 amide bonds. The molecule has 1 unspecified atom stereocenters. The van der Waals surface area contributed by atoms with Crippen LogP contribution >= 0.6 is 0 Å². The molecule has 0 spiro atoms. The fourth-order valence-electron chi connectivity index (χ4n) is 4.64. The maximum absolute atomic E-state index is 14.0. The van der Waals surface area contributed by atoms with Crippen LogP contribution < -0.4 is 0 Å². The van der Waals surface area contributed by atoms with Crippen LogP contribution in [0.4, 0.5) is 13.2 Å². The summed E-state index contributed by atoms with van der Waals surface area (Å²) in [4.78, 5) is 12.8. The number of aryl methyl sites for hydroxylation is 1. The van der Waals surface area contributed by atoms with Crippen molar-refractivity contribution in [1.29, 1.82) is 5.41 Å². The molecule has 1 saturated carbocycles. The van der Waals surface area contributed by atoms with Gasteiger partial charge in [0, 0.05) is 23.7 Å². The lowest BCUT2D eigenvalue weighted by Gasteiger charge is -2.06. The average Bonchev–Trinajstić information content (AvgIpc) is 3.11. The summed E-state index contributed by atoms with van der Waals surface area (Å²) in [5.41, 5.74) is 0.481. The number of rotatable bonds is 11. The van der Waals surface area contributed by atoms with E-state index in [1.807, 2.05) is 0 Å². The third kappa shape index (κ3) is 4.74. The quantitative estimate of drug-likeness (QED) is 0.244. The summed E-state index contributed by atoms with van der Waals surface area (Å²) in [5, 5.41) is 11.5. The molecule has 2 heterocycles. The summed E-state index contributed by atoms with van der Waals surface area (Å²) < 4.78 is 48.2. The highest BCUT2D eigenvalue weighted by Gasteiger charge is 2.52. The number of fused-ring (bicyclic) bond motifs is 1. The maximum atomic E-state index is 14.0. The minimum atomic E-state index is -1.25. The molecule has 1 aromatic heterocycles. The predicted octanol–water partition coefficient (Wildman–Crippen LogP) is 4.57. The third-order valence-electron chi connectivity index (χ3n) is 6.44. The molecule has 1 N–H and O–H groups in total. The van der Waals surface area contributed by atoms with E-state index in [2.05, 4.69) is 5.10 Å². The SMILES string of the molecule is N=CCCc1cn(Cc2c(F)ccc(F)c2F)nc1C(=O)CCCCC1[C@H]2COC[C@@H]12. The van der Waals surface area contributed by atoms with E-state index < -0.39 is 23.0 Å². The molecule has 2 aliphatic rings. The van der Waals surface area contributed by atoms with Crippen LogP contribution in [-0.2, 0) is 17.7 Å². The van der Waals surface area contributed by atoms with Crippen LogP contribution in [0.15, 0.2) is 18.3 Å². The molecule has 1 aliphatic carbocycles. The zero-order chi connectivity index (χ0) is 22.0. The molecule has 3 atom stereocenters. The lowest BCUT2D eigenvalue weighted by Crippen LogP contribution is -2.09.